The van der Waals surface area contributed by atoms with Gasteiger partial charge in [-0.2, -0.15) is 11.8 Å². The molecule has 5 heteroatoms. The second kappa shape index (κ2) is 10.4. The van der Waals surface area contributed by atoms with E-state index in [2.05, 4.69) is 30.4 Å². The molecular formula is C20H24ClNO2S. The highest BCUT2D eigenvalue weighted by molar-refractivity contribution is 7.98. The molecule has 3 nitrogen and oxygen atoms in total. The number of hydrogen-bond donors (Lipinski definition) is 1. The minimum absolute atomic E-state index is 0.0982. The molecule has 0 radical (unpaired) electrons. The van der Waals surface area contributed by atoms with Gasteiger partial charge in [0.05, 0.1) is 5.02 Å². The van der Waals surface area contributed by atoms with E-state index in [0.717, 1.165) is 11.5 Å². The number of halogens is 1. The third-order valence-corrected chi connectivity index (χ3v) is 5.15. The van der Waals surface area contributed by atoms with Crippen molar-refractivity contribution in [1.82, 2.24) is 5.32 Å². The molecule has 0 fully saturated rings. The van der Waals surface area contributed by atoms with Gasteiger partial charge in [-0.3, -0.25) is 4.79 Å². The number of rotatable bonds is 9. The molecule has 2 aromatic carbocycles. The quantitative estimate of drug-likeness (QED) is 0.634. The van der Waals surface area contributed by atoms with Crippen LogP contribution in [0.4, 0.5) is 0 Å². The first kappa shape index (κ1) is 19.7. The first-order chi connectivity index (χ1) is 12.1. The Labute approximate surface area is 159 Å². The van der Waals surface area contributed by atoms with Crippen LogP contribution in [-0.2, 0) is 10.5 Å². The smallest absolute Gasteiger partial charge is 0.261 e. The van der Waals surface area contributed by atoms with Crippen molar-refractivity contribution in [3.63, 3.8) is 0 Å². The Kier molecular flexibility index (Phi) is 8.16. The van der Waals surface area contributed by atoms with Crippen molar-refractivity contribution in [2.24, 2.45) is 0 Å². The van der Waals surface area contributed by atoms with Crippen molar-refractivity contribution >= 4 is 29.3 Å². The normalized spacial score (nSPS) is 11.8. The average Bonchev–Trinajstić information content (AvgIpc) is 2.62. The van der Waals surface area contributed by atoms with E-state index in [9.17, 15) is 4.79 Å². The van der Waals surface area contributed by atoms with Gasteiger partial charge in [0.25, 0.3) is 5.91 Å². The van der Waals surface area contributed by atoms with Gasteiger partial charge >= 0.3 is 0 Å². The molecule has 0 spiro atoms. The summed E-state index contributed by atoms with van der Waals surface area (Å²) in [5, 5.41) is 3.46. The zero-order valence-electron chi connectivity index (χ0n) is 14.6. The molecule has 0 bridgehead atoms. The molecule has 1 amide bonds. The standard InChI is InChI=1S/C20H24ClNO2S/c1-3-18(24-19-11-7-6-10-17(19)21)20(23)22-12-13-25-14-16-9-5-4-8-15(16)2/h4-11,18H,3,12-14H2,1-2H3,(H,22,23)/t18-/m1/s1. The molecule has 0 unspecified atom stereocenters. The Balaban J connectivity index is 1.73. The Hall–Kier alpha value is -1.65. The van der Waals surface area contributed by atoms with Crippen molar-refractivity contribution < 1.29 is 9.53 Å². The molecule has 0 aliphatic carbocycles. The van der Waals surface area contributed by atoms with Gasteiger partial charge in [-0.25, -0.2) is 0 Å². The topological polar surface area (TPSA) is 38.3 Å². The molecule has 2 rings (SSSR count). The highest BCUT2D eigenvalue weighted by Crippen LogP contribution is 2.24. The van der Waals surface area contributed by atoms with Crippen molar-refractivity contribution in [3.8, 4) is 5.75 Å². The number of amides is 1. The maximum Gasteiger partial charge on any atom is 0.261 e. The number of ether oxygens (including phenoxy) is 1. The minimum atomic E-state index is -0.527. The van der Waals surface area contributed by atoms with Crippen LogP contribution in [0.15, 0.2) is 48.5 Å². The Morgan fingerprint density at radius 1 is 1.20 bits per heavy atom. The molecule has 25 heavy (non-hydrogen) atoms. The number of para-hydroxylation sites is 1. The molecule has 1 atom stereocenters. The van der Waals surface area contributed by atoms with Gasteiger partial charge in [0.2, 0.25) is 0 Å². The molecule has 0 aliphatic rings. The maximum atomic E-state index is 12.3. The van der Waals surface area contributed by atoms with Crippen LogP contribution in [0, 0.1) is 6.92 Å². The van der Waals surface area contributed by atoms with Crippen LogP contribution in [0.5, 0.6) is 5.75 Å². The SMILES string of the molecule is CC[C@@H](Oc1ccccc1Cl)C(=O)NCCSCc1ccccc1C. The fraction of sp³-hybridized carbons (Fsp3) is 0.350. The zero-order valence-corrected chi connectivity index (χ0v) is 16.2. The van der Waals surface area contributed by atoms with E-state index in [1.165, 1.54) is 11.1 Å². The molecule has 1 N–H and O–H groups in total. The number of benzene rings is 2. The van der Waals surface area contributed by atoms with Gasteiger partial charge < -0.3 is 10.1 Å². The van der Waals surface area contributed by atoms with Gasteiger partial charge in [-0.15, -0.1) is 0 Å². The molecule has 0 saturated heterocycles. The van der Waals surface area contributed by atoms with Crippen molar-refractivity contribution in [3.05, 3.63) is 64.7 Å². The van der Waals surface area contributed by atoms with Crippen LogP contribution in [0.25, 0.3) is 0 Å². The Bertz CT molecular complexity index is 693. The lowest BCUT2D eigenvalue weighted by atomic mass is 10.1. The number of hydrogen-bond acceptors (Lipinski definition) is 3. The summed E-state index contributed by atoms with van der Waals surface area (Å²) in [6, 6.07) is 15.6. The van der Waals surface area contributed by atoms with E-state index in [1.54, 1.807) is 12.1 Å². The van der Waals surface area contributed by atoms with Crippen LogP contribution >= 0.6 is 23.4 Å². The van der Waals surface area contributed by atoms with E-state index in [-0.39, 0.29) is 5.91 Å². The van der Waals surface area contributed by atoms with Crippen molar-refractivity contribution in [2.75, 3.05) is 12.3 Å². The maximum absolute atomic E-state index is 12.3. The van der Waals surface area contributed by atoms with Crippen LogP contribution in [0.3, 0.4) is 0 Å². The first-order valence-corrected chi connectivity index (χ1v) is 9.96. The summed E-state index contributed by atoms with van der Waals surface area (Å²) in [4.78, 5) is 12.3. The van der Waals surface area contributed by atoms with Gasteiger partial charge in [-0.1, -0.05) is 54.9 Å². The predicted octanol–water partition coefficient (Wildman–Crippen LogP) is 4.86. The largest absolute Gasteiger partial charge is 0.479 e. The number of nitrogens with one attached hydrogen (secondary N) is 1. The fourth-order valence-corrected chi connectivity index (χ4v) is 3.45. The lowest BCUT2D eigenvalue weighted by molar-refractivity contribution is -0.127. The summed E-state index contributed by atoms with van der Waals surface area (Å²) in [7, 11) is 0. The van der Waals surface area contributed by atoms with E-state index in [1.807, 2.05) is 36.9 Å². The summed E-state index contributed by atoms with van der Waals surface area (Å²) in [6.07, 6.45) is 0.0641. The van der Waals surface area contributed by atoms with Crippen LogP contribution in [-0.4, -0.2) is 24.3 Å². The van der Waals surface area contributed by atoms with Crippen molar-refractivity contribution in [1.29, 1.82) is 0 Å². The second-order valence-corrected chi connectivity index (χ2v) is 7.23. The van der Waals surface area contributed by atoms with Gasteiger partial charge in [0.15, 0.2) is 6.10 Å². The van der Waals surface area contributed by atoms with E-state index < -0.39 is 6.10 Å². The first-order valence-electron chi connectivity index (χ1n) is 8.43. The number of thioether (sulfide) groups is 1. The summed E-state index contributed by atoms with van der Waals surface area (Å²) < 4.78 is 5.75. The minimum Gasteiger partial charge on any atom is -0.479 e. The molecule has 134 valence electrons. The third kappa shape index (κ3) is 6.29. The zero-order chi connectivity index (χ0) is 18.1. The van der Waals surface area contributed by atoms with E-state index in [0.29, 0.717) is 23.7 Å². The molecule has 0 saturated carbocycles. The van der Waals surface area contributed by atoms with Crippen LogP contribution in [0.2, 0.25) is 5.02 Å². The van der Waals surface area contributed by atoms with Crippen molar-refractivity contribution in [2.45, 2.75) is 32.1 Å². The molecule has 0 aromatic heterocycles. The Morgan fingerprint density at radius 2 is 1.92 bits per heavy atom. The summed E-state index contributed by atoms with van der Waals surface area (Å²) in [6.45, 7) is 4.67. The third-order valence-electron chi connectivity index (χ3n) is 3.83. The predicted molar refractivity (Wildman–Crippen MR) is 107 cm³/mol. The molecule has 0 aliphatic heterocycles. The monoisotopic (exact) mass is 377 g/mol. The van der Waals surface area contributed by atoms with Gasteiger partial charge in [-0.05, 0) is 36.6 Å². The molecule has 0 heterocycles. The van der Waals surface area contributed by atoms with Crippen LogP contribution in [0.1, 0.15) is 24.5 Å². The highest BCUT2D eigenvalue weighted by atomic mass is 35.5. The van der Waals surface area contributed by atoms with E-state index in [4.69, 9.17) is 16.3 Å². The second-order valence-electron chi connectivity index (χ2n) is 5.72. The number of aryl methyl sites for hydroxylation is 1. The van der Waals surface area contributed by atoms with E-state index >= 15 is 0 Å². The lowest BCUT2D eigenvalue weighted by Gasteiger charge is -2.18. The summed E-state index contributed by atoms with van der Waals surface area (Å²) in [5.74, 6) is 2.26. The van der Waals surface area contributed by atoms with Gasteiger partial charge in [0.1, 0.15) is 5.75 Å². The number of carbonyl (C=O) groups excluding carboxylic acids is 1. The summed E-state index contributed by atoms with van der Waals surface area (Å²) >= 11 is 7.90. The molecule has 2 aromatic rings. The lowest BCUT2D eigenvalue weighted by Crippen LogP contribution is -2.39. The summed E-state index contributed by atoms with van der Waals surface area (Å²) in [5.41, 5.74) is 2.64. The van der Waals surface area contributed by atoms with Crippen LogP contribution < -0.4 is 10.1 Å². The molecular weight excluding hydrogens is 354 g/mol. The number of carbonyl (C=O) groups is 1. The highest BCUT2D eigenvalue weighted by Gasteiger charge is 2.18. The van der Waals surface area contributed by atoms with Gasteiger partial charge in [0, 0.05) is 18.1 Å². The Morgan fingerprint density at radius 3 is 2.64 bits per heavy atom. The fourth-order valence-electron chi connectivity index (χ4n) is 2.33. The average molecular weight is 378 g/mol.